The Morgan fingerprint density at radius 3 is 2.47 bits per heavy atom. The van der Waals surface area contributed by atoms with Crippen LogP contribution in [0.1, 0.15) is 18.4 Å². The Balaban J connectivity index is 1.37. The van der Waals surface area contributed by atoms with Crippen molar-refractivity contribution < 1.29 is 22.0 Å². The highest BCUT2D eigenvalue weighted by Gasteiger charge is 2.35. The van der Waals surface area contributed by atoms with E-state index in [9.17, 15) is 22.0 Å². The van der Waals surface area contributed by atoms with Crippen LogP contribution in [0.15, 0.2) is 71.9 Å². The molecule has 2 aromatic heterocycles. The van der Waals surface area contributed by atoms with Crippen LogP contribution < -0.4 is 4.90 Å². The zero-order valence-electron chi connectivity index (χ0n) is 19.0. The number of hydrogen-bond donors (Lipinski definition) is 0. The number of halogens is 2. The van der Waals surface area contributed by atoms with Gasteiger partial charge in [-0.15, -0.1) is 0 Å². The summed E-state index contributed by atoms with van der Waals surface area (Å²) < 4.78 is 54.9. The molecule has 0 spiro atoms. The molecule has 3 heterocycles. The third-order valence-electron chi connectivity index (χ3n) is 6.15. The molecule has 5 rings (SSSR count). The highest BCUT2D eigenvalue weighted by atomic mass is 32.2. The van der Waals surface area contributed by atoms with Crippen molar-refractivity contribution in [3.63, 3.8) is 0 Å². The lowest BCUT2D eigenvalue weighted by Gasteiger charge is -2.33. The molecule has 186 valence electrons. The van der Waals surface area contributed by atoms with Crippen molar-refractivity contribution in [3.8, 4) is 0 Å². The van der Waals surface area contributed by atoms with E-state index in [2.05, 4.69) is 9.97 Å². The van der Waals surface area contributed by atoms with Crippen LogP contribution in [-0.2, 0) is 21.4 Å². The van der Waals surface area contributed by atoms with E-state index in [0.29, 0.717) is 28.2 Å². The predicted octanol–water partition coefficient (Wildman–Crippen LogP) is 4.60. The normalized spacial score (nSPS) is 15.3. The van der Waals surface area contributed by atoms with E-state index in [0.717, 1.165) is 17.7 Å². The Hall–Kier alpha value is -3.28. The molecule has 0 unspecified atom stereocenters. The maximum Gasteiger partial charge on any atom is 0.243 e. The summed E-state index contributed by atoms with van der Waals surface area (Å²) in [6, 6.07) is 12.7. The number of carbonyl (C=O) groups is 1. The number of piperidine rings is 1. The molecule has 0 saturated carbocycles. The van der Waals surface area contributed by atoms with Gasteiger partial charge in [0.1, 0.15) is 11.6 Å². The molecular weight excluding hydrogens is 506 g/mol. The van der Waals surface area contributed by atoms with Crippen molar-refractivity contribution >= 4 is 42.6 Å². The lowest BCUT2D eigenvalue weighted by molar-refractivity contribution is -0.123. The number of aromatic nitrogens is 2. The van der Waals surface area contributed by atoms with Crippen LogP contribution in [-0.4, -0.2) is 41.7 Å². The fourth-order valence-corrected chi connectivity index (χ4v) is 6.70. The first-order valence-corrected chi connectivity index (χ1v) is 13.6. The van der Waals surface area contributed by atoms with Crippen molar-refractivity contribution in [2.24, 2.45) is 5.92 Å². The van der Waals surface area contributed by atoms with Crippen LogP contribution in [0, 0.1) is 17.6 Å². The van der Waals surface area contributed by atoms with E-state index in [1.807, 2.05) is 6.07 Å². The number of fused-ring (bicyclic) bond motifs is 1. The highest BCUT2D eigenvalue weighted by molar-refractivity contribution is 7.89. The second-order valence-corrected chi connectivity index (χ2v) is 11.5. The van der Waals surface area contributed by atoms with Crippen molar-refractivity contribution in [3.05, 3.63) is 84.2 Å². The number of nitrogens with zero attached hydrogens (tertiary/aromatic N) is 4. The van der Waals surface area contributed by atoms with Crippen molar-refractivity contribution in [1.82, 2.24) is 14.3 Å². The van der Waals surface area contributed by atoms with Crippen LogP contribution in [0.5, 0.6) is 0 Å². The van der Waals surface area contributed by atoms with Crippen LogP contribution in [0.4, 0.5) is 13.9 Å². The molecule has 1 saturated heterocycles. The van der Waals surface area contributed by atoms with E-state index in [1.54, 1.807) is 29.4 Å². The molecule has 4 aromatic rings. The summed E-state index contributed by atoms with van der Waals surface area (Å²) in [5, 5.41) is 0.450. The maximum absolute atomic E-state index is 13.7. The van der Waals surface area contributed by atoms with E-state index in [4.69, 9.17) is 0 Å². The lowest BCUT2D eigenvalue weighted by atomic mass is 9.96. The third-order valence-corrected chi connectivity index (χ3v) is 9.11. The summed E-state index contributed by atoms with van der Waals surface area (Å²) >= 11 is 1.23. The molecule has 36 heavy (non-hydrogen) atoms. The topological polar surface area (TPSA) is 83.5 Å². The van der Waals surface area contributed by atoms with Crippen LogP contribution in [0.25, 0.3) is 10.2 Å². The minimum Gasteiger partial charge on any atom is -0.283 e. The SMILES string of the molecule is O=C(C1CCN(S(=O)(=O)c2ccc(F)cc2)CC1)N(Cc1cccnc1)c1nc2ccc(F)cc2s1. The Morgan fingerprint density at radius 1 is 1.06 bits per heavy atom. The van der Waals surface area contributed by atoms with Crippen molar-refractivity contribution in [2.75, 3.05) is 18.0 Å². The Morgan fingerprint density at radius 2 is 1.78 bits per heavy atom. The van der Waals surface area contributed by atoms with Gasteiger partial charge in [0.15, 0.2) is 5.13 Å². The van der Waals surface area contributed by atoms with Crippen LogP contribution >= 0.6 is 11.3 Å². The Kier molecular flexibility index (Phi) is 6.78. The second kappa shape index (κ2) is 10.00. The molecule has 1 aliphatic heterocycles. The Bertz CT molecular complexity index is 1490. The number of amides is 1. The Labute approximate surface area is 211 Å². The van der Waals surface area contributed by atoms with E-state index in [1.165, 1.54) is 39.9 Å². The smallest absolute Gasteiger partial charge is 0.243 e. The molecule has 0 bridgehead atoms. The molecule has 0 radical (unpaired) electrons. The monoisotopic (exact) mass is 528 g/mol. The molecule has 0 atom stereocenters. The zero-order chi connectivity index (χ0) is 25.3. The van der Waals surface area contributed by atoms with E-state index in [-0.39, 0.29) is 36.3 Å². The average molecular weight is 529 g/mol. The predicted molar refractivity (Wildman–Crippen MR) is 133 cm³/mol. The van der Waals surface area contributed by atoms with Gasteiger partial charge in [0.2, 0.25) is 15.9 Å². The quantitative estimate of drug-likeness (QED) is 0.365. The minimum atomic E-state index is -3.78. The molecule has 2 aromatic carbocycles. The van der Waals surface area contributed by atoms with Gasteiger partial charge >= 0.3 is 0 Å². The third kappa shape index (κ3) is 4.99. The molecule has 0 N–H and O–H groups in total. The first-order valence-electron chi connectivity index (χ1n) is 11.3. The molecule has 1 fully saturated rings. The van der Waals surface area contributed by atoms with Gasteiger partial charge in [-0.1, -0.05) is 17.4 Å². The molecular formula is C25H22F2N4O3S2. The van der Waals surface area contributed by atoms with Gasteiger partial charge in [-0.3, -0.25) is 14.7 Å². The number of thiazole rings is 1. The molecule has 1 amide bonds. The molecule has 7 nitrogen and oxygen atoms in total. The van der Waals surface area contributed by atoms with E-state index >= 15 is 0 Å². The molecule has 11 heteroatoms. The fourth-order valence-electron chi connectivity index (χ4n) is 4.23. The molecule has 1 aliphatic rings. The maximum atomic E-state index is 13.7. The average Bonchev–Trinajstić information content (AvgIpc) is 3.31. The summed E-state index contributed by atoms with van der Waals surface area (Å²) in [5.74, 6) is -1.47. The van der Waals surface area contributed by atoms with E-state index < -0.39 is 21.8 Å². The van der Waals surface area contributed by atoms with Gasteiger partial charge in [0, 0.05) is 31.4 Å². The first kappa shape index (κ1) is 24.4. The second-order valence-electron chi connectivity index (χ2n) is 8.53. The number of pyridine rings is 1. The number of anilines is 1. The minimum absolute atomic E-state index is 0.0218. The van der Waals surface area contributed by atoms with Gasteiger partial charge in [0.05, 0.1) is 21.7 Å². The summed E-state index contributed by atoms with van der Waals surface area (Å²) in [7, 11) is -3.78. The van der Waals surface area contributed by atoms with Gasteiger partial charge in [0.25, 0.3) is 0 Å². The number of carbonyl (C=O) groups excluding carboxylic acids is 1. The van der Waals surface area contributed by atoms with Crippen molar-refractivity contribution in [1.29, 1.82) is 0 Å². The van der Waals surface area contributed by atoms with Gasteiger partial charge in [-0.2, -0.15) is 4.31 Å². The highest BCUT2D eigenvalue weighted by Crippen LogP contribution is 2.33. The zero-order valence-corrected chi connectivity index (χ0v) is 20.7. The summed E-state index contributed by atoms with van der Waals surface area (Å²) in [5.41, 5.74) is 1.41. The number of rotatable bonds is 6. The molecule has 0 aliphatic carbocycles. The number of benzene rings is 2. The lowest BCUT2D eigenvalue weighted by Crippen LogP contribution is -2.44. The van der Waals surface area contributed by atoms with Crippen molar-refractivity contribution in [2.45, 2.75) is 24.3 Å². The largest absolute Gasteiger partial charge is 0.283 e. The number of hydrogen-bond acceptors (Lipinski definition) is 6. The van der Waals surface area contributed by atoms with Crippen LogP contribution in [0.3, 0.4) is 0 Å². The summed E-state index contributed by atoms with van der Waals surface area (Å²) in [4.78, 5) is 24.0. The first-order chi connectivity index (χ1) is 17.3. The summed E-state index contributed by atoms with van der Waals surface area (Å²) in [6.07, 6.45) is 3.99. The fraction of sp³-hybridized carbons (Fsp3) is 0.240. The number of sulfonamides is 1. The summed E-state index contributed by atoms with van der Waals surface area (Å²) in [6.45, 7) is 0.576. The van der Waals surface area contributed by atoms with Gasteiger partial charge in [-0.05, 0) is 66.9 Å². The van der Waals surface area contributed by atoms with Gasteiger partial charge < -0.3 is 0 Å². The standard InChI is InChI=1S/C25H22F2N4O3S2/c26-19-3-6-21(7-4-19)36(33,34)30-12-9-18(10-13-30)24(32)31(16-17-2-1-11-28-15-17)25-29-22-8-5-20(27)14-23(22)35-25/h1-8,11,14-15,18H,9-10,12-13,16H2. The van der Waals surface area contributed by atoms with Gasteiger partial charge in [-0.25, -0.2) is 22.2 Å². The van der Waals surface area contributed by atoms with Crippen LogP contribution in [0.2, 0.25) is 0 Å².